The zero-order valence-electron chi connectivity index (χ0n) is 11.3. The van der Waals surface area contributed by atoms with Crippen molar-refractivity contribution >= 4 is 11.6 Å². The van der Waals surface area contributed by atoms with Crippen LogP contribution in [0, 0.1) is 0 Å². The smallest absolute Gasteiger partial charge is 0.242 e. The van der Waals surface area contributed by atoms with Crippen LogP contribution >= 0.6 is 0 Å². The van der Waals surface area contributed by atoms with Crippen molar-refractivity contribution in [2.75, 3.05) is 18.5 Å². The average Bonchev–Trinajstić information content (AvgIpc) is 2.38. The molecule has 18 heavy (non-hydrogen) atoms. The SMILES string of the molecule is CCCNC(=O)C(C)Nc1ccc(OCC)cc1. The van der Waals surface area contributed by atoms with Crippen LogP contribution in [-0.2, 0) is 4.79 Å². The number of carbonyl (C=O) groups is 1. The van der Waals surface area contributed by atoms with Gasteiger partial charge < -0.3 is 15.4 Å². The van der Waals surface area contributed by atoms with Crippen molar-refractivity contribution in [3.8, 4) is 5.75 Å². The highest BCUT2D eigenvalue weighted by atomic mass is 16.5. The van der Waals surface area contributed by atoms with Crippen molar-refractivity contribution in [3.63, 3.8) is 0 Å². The van der Waals surface area contributed by atoms with E-state index in [0.29, 0.717) is 13.2 Å². The Morgan fingerprint density at radius 3 is 2.50 bits per heavy atom. The van der Waals surface area contributed by atoms with E-state index in [9.17, 15) is 4.79 Å². The zero-order chi connectivity index (χ0) is 13.4. The molecule has 0 aliphatic heterocycles. The fourth-order valence-corrected chi connectivity index (χ4v) is 1.53. The first kappa shape index (κ1) is 14.4. The molecule has 1 unspecified atom stereocenters. The summed E-state index contributed by atoms with van der Waals surface area (Å²) in [6, 6.07) is 7.36. The number of anilines is 1. The summed E-state index contributed by atoms with van der Waals surface area (Å²) in [6.45, 7) is 7.20. The second kappa shape index (κ2) is 7.58. The Morgan fingerprint density at radius 2 is 1.94 bits per heavy atom. The third-order valence-electron chi connectivity index (χ3n) is 2.49. The summed E-state index contributed by atoms with van der Waals surface area (Å²) in [7, 11) is 0. The molecule has 2 N–H and O–H groups in total. The quantitative estimate of drug-likeness (QED) is 0.781. The van der Waals surface area contributed by atoms with Gasteiger partial charge in [0.1, 0.15) is 11.8 Å². The van der Waals surface area contributed by atoms with Crippen molar-refractivity contribution in [2.45, 2.75) is 33.2 Å². The normalized spacial score (nSPS) is 11.7. The standard InChI is InChI=1S/C14H22N2O2/c1-4-10-15-14(17)11(3)16-12-6-8-13(9-7-12)18-5-2/h6-9,11,16H,4-5,10H2,1-3H3,(H,15,17). The second-order valence-corrected chi connectivity index (χ2v) is 4.11. The van der Waals surface area contributed by atoms with Gasteiger partial charge in [-0.3, -0.25) is 4.79 Å². The molecule has 0 heterocycles. The molecule has 0 fully saturated rings. The largest absolute Gasteiger partial charge is 0.494 e. The van der Waals surface area contributed by atoms with E-state index in [1.165, 1.54) is 0 Å². The number of carbonyl (C=O) groups excluding carboxylic acids is 1. The van der Waals surface area contributed by atoms with Gasteiger partial charge >= 0.3 is 0 Å². The van der Waals surface area contributed by atoms with Crippen LogP contribution in [0.5, 0.6) is 5.75 Å². The van der Waals surface area contributed by atoms with Gasteiger partial charge in [0.05, 0.1) is 6.61 Å². The van der Waals surface area contributed by atoms with E-state index in [1.54, 1.807) is 0 Å². The van der Waals surface area contributed by atoms with Crippen molar-refractivity contribution in [3.05, 3.63) is 24.3 Å². The number of nitrogens with one attached hydrogen (secondary N) is 2. The van der Waals surface area contributed by atoms with Crippen LogP contribution in [0.1, 0.15) is 27.2 Å². The first-order valence-electron chi connectivity index (χ1n) is 6.44. The van der Waals surface area contributed by atoms with Gasteiger partial charge in [0, 0.05) is 12.2 Å². The zero-order valence-corrected chi connectivity index (χ0v) is 11.3. The highest BCUT2D eigenvalue weighted by Crippen LogP contribution is 2.16. The van der Waals surface area contributed by atoms with E-state index in [1.807, 2.05) is 45.0 Å². The lowest BCUT2D eigenvalue weighted by Crippen LogP contribution is -2.37. The number of hydrogen-bond donors (Lipinski definition) is 2. The molecule has 0 saturated carbocycles. The van der Waals surface area contributed by atoms with Crippen molar-refractivity contribution < 1.29 is 9.53 Å². The van der Waals surface area contributed by atoms with Gasteiger partial charge in [-0.15, -0.1) is 0 Å². The van der Waals surface area contributed by atoms with Crippen LogP contribution in [-0.4, -0.2) is 25.1 Å². The summed E-state index contributed by atoms with van der Waals surface area (Å²) in [5.74, 6) is 0.858. The fourth-order valence-electron chi connectivity index (χ4n) is 1.53. The summed E-state index contributed by atoms with van der Waals surface area (Å²) in [5.41, 5.74) is 0.914. The molecule has 0 aliphatic carbocycles. The van der Waals surface area contributed by atoms with Crippen LogP contribution in [0.15, 0.2) is 24.3 Å². The van der Waals surface area contributed by atoms with Crippen molar-refractivity contribution in [2.24, 2.45) is 0 Å². The molecular weight excluding hydrogens is 228 g/mol. The van der Waals surface area contributed by atoms with Crippen LogP contribution in [0.4, 0.5) is 5.69 Å². The third-order valence-corrected chi connectivity index (χ3v) is 2.49. The van der Waals surface area contributed by atoms with Crippen LogP contribution in [0.3, 0.4) is 0 Å². The summed E-state index contributed by atoms with van der Waals surface area (Å²) in [5, 5.41) is 6.01. The van der Waals surface area contributed by atoms with Gasteiger partial charge in [0.2, 0.25) is 5.91 Å². The molecule has 0 bridgehead atoms. The molecule has 100 valence electrons. The predicted molar refractivity (Wildman–Crippen MR) is 74.0 cm³/mol. The molecule has 4 heteroatoms. The Hall–Kier alpha value is -1.71. The van der Waals surface area contributed by atoms with E-state index in [-0.39, 0.29) is 11.9 Å². The molecule has 0 saturated heterocycles. The minimum atomic E-state index is -0.241. The molecule has 0 aromatic heterocycles. The van der Waals surface area contributed by atoms with Gasteiger partial charge in [0.15, 0.2) is 0 Å². The molecule has 0 spiro atoms. The number of rotatable bonds is 7. The Kier molecular flexibility index (Phi) is 6.05. The molecular formula is C14H22N2O2. The minimum Gasteiger partial charge on any atom is -0.494 e. The van der Waals surface area contributed by atoms with Crippen LogP contribution in [0.25, 0.3) is 0 Å². The highest BCUT2D eigenvalue weighted by molar-refractivity contribution is 5.84. The Bertz CT molecular complexity index is 363. The summed E-state index contributed by atoms with van der Waals surface area (Å²) < 4.78 is 5.36. The Morgan fingerprint density at radius 1 is 1.28 bits per heavy atom. The predicted octanol–water partition coefficient (Wildman–Crippen LogP) is 2.41. The van der Waals surface area contributed by atoms with E-state index in [0.717, 1.165) is 17.9 Å². The first-order valence-corrected chi connectivity index (χ1v) is 6.44. The maximum Gasteiger partial charge on any atom is 0.242 e. The molecule has 1 aromatic rings. The minimum absolute atomic E-state index is 0.0192. The highest BCUT2D eigenvalue weighted by Gasteiger charge is 2.11. The molecule has 1 atom stereocenters. The van der Waals surface area contributed by atoms with E-state index < -0.39 is 0 Å². The Labute approximate surface area is 109 Å². The number of ether oxygens (including phenoxy) is 1. The number of amides is 1. The fraction of sp³-hybridized carbons (Fsp3) is 0.500. The van der Waals surface area contributed by atoms with E-state index in [2.05, 4.69) is 10.6 Å². The molecule has 1 rings (SSSR count). The summed E-state index contributed by atoms with van der Waals surface area (Å²) in [6.07, 6.45) is 0.946. The van der Waals surface area contributed by atoms with Gasteiger partial charge in [0.25, 0.3) is 0 Å². The topological polar surface area (TPSA) is 50.4 Å². The second-order valence-electron chi connectivity index (χ2n) is 4.11. The summed E-state index contributed by atoms with van der Waals surface area (Å²) >= 11 is 0. The molecule has 0 radical (unpaired) electrons. The molecule has 4 nitrogen and oxygen atoms in total. The maximum atomic E-state index is 11.7. The lowest BCUT2D eigenvalue weighted by atomic mass is 10.2. The third kappa shape index (κ3) is 4.65. The molecule has 1 amide bonds. The Balaban J connectivity index is 2.48. The number of benzene rings is 1. The maximum absolute atomic E-state index is 11.7. The molecule has 1 aromatic carbocycles. The lowest BCUT2D eigenvalue weighted by molar-refractivity contribution is -0.121. The monoisotopic (exact) mass is 250 g/mol. The lowest BCUT2D eigenvalue weighted by Gasteiger charge is -2.15. The van der Waals surface area contributed by atoms with Crippen molar-refractivity contribution in [1.29, 1.82) is 0 Å². The van der Waals surface area contributed by atoms with Gasteiger partial charge in [-0.1, -0.05) is 6.92 Å². The average molecular weight is 250 g/mol. The van der Waals surface area contributed by atoms with Crippen LogP contribution in [0.2, 0.25) is 0 Å². The molecule has 0 aliphatic rings. The van der Waals surface area contributed by atoms with Crippen molar-refractivity contribution in [1.82, 2.24) is 5.32 Å². The van der Waals surface area contributed by atoms with Crippen LogP contribution < -0.4 is 15.4 Å². The van der Waals surface area contributed by atoms with Gasteiger partial charge in [-0.05, 0) is 44.5 Å². The van der Waals surface area contributed by atoms with Gasteiger partial charge in [-0.25, -0.2) is 0 Å². The van der Waals surface area contributed by atoms with E-state index >= 15 is 0 Å². The first-order chi connectivity index (χ1) is 8.67. The van der Waals surface area contributed by atoms with Gasteiger partial charge in [-0.2, -0.15) is 0 Å². The van der Waals surface area contributed by atoms with E-state index in [4.69, 9.17) is 4.74 Å². The number of hydrogen-bond acceptors (Lipinski definition) is 3. The summed E-state index contributed by atoms with van der Waals surface area (Å²) in [4.78, 5) is 11.7.